The van der Waals surface area contributed by atoms with Crippen LogP contribution < -0.4 is 20.7 Å². The fourth-order valence-corrected chi connectivity index (χ4v) is 4.14. The molecule has 2 aromatic carbocycles. The van der Waals surface area contributed by atoms with Crippen LogP contribution >= 0.6 is 0 Å². The average molecular weight is 500 g/mol. The second-order valence-electron chi connectivity index (χ2n) is 9.68. The van der Waals surface area contributed by atoms with Gasteiger partial charge in [0.15, 0.2) is 17.4 Å². The molecule has 2 heterocycles. The van der Waals surface area contributed by atoms with Crippen LogP contribution in [0, 0.1) is 17.5 Å². The van der Waals surface area contributed by atoms with E-state index in [4.69, 9.17) is 10.5 Å². The van der Waals surface area contributed by atoms with Gasteiger partial charge in [-0.3, -0.25) is 4.79 Å². The van der Waals surface area contributed by atoms with Crippen LogP contribution in [0.3, 0.4) is 0 Å². The van der Waals surface area contributed by atoms with Crippen molar-refractivity contribution in [2.75, 3.05) is 16.8 Å². The smallest absolute Gasteiger partial charge is 0.227 e. The van der Waals surface area contributed by atoms with E-state index in [0.29, 0.717) is 23.5 Å². The summed E-state index contributed by atoms with van der Waals surface area (Å²) in [7, 11) is 0. The highest BCUT2D eigenvalue weighted by atomic mass is 19.1. The molecule has 1 aliphatic rings. The molecule has 190 valence electrons. The lowest BCUT2D eigenvalue weighted by molar-refractivity contribution is -0.118. The number of hydrogen-bond donors (Lipinski definition) is 2. The van der Waals surface area contributed by atoms with Crippen molar-refractivity contribution in [3.05, 3.63) is 59.5 Å². The molecule has 0 fully saturated rings. The SMILES string of the molecule is CC(C)N1CC(C)(C)Oc2c(F)cc(-c3nc(Nc4ccc(CCC(N)=O)c(F)c4)ncc3F)cc21. The number of fused-ring (bicyclic) bond motifs is 1. The van der Waals surface area contributed by atoms with Crippen LogP contribution in [0.4, 0.5) is 30.5 Å². The molecule has 10 heteroatoms. The van der Waals surface area contributed by atoms with E-state index in [9.17, 15) is 13.6 Å². The first-order valence-corrected chi connectivity index (χ1v) is 11.6. The number of anilines is 3. The summed E-state index contributed by atoms with van der Waals surface area (Å²) < 4.78 is 50.3. The van der Waals surface area contributed by atoms with Crippen molar-refractivity contribution in [3.63, 3.8) is 0 Å². The van der Waals surface area contributed by atoms with Crippen molar-refractivity contribution in [2.24, 2.45) is 5.73 Å². The van der Waals surface area contributed by atoms with Gasteiger partial charge in [-0.2, -0.15) is 0 Å². The lowest BCUT2D eigenvalue weighted by atomic mass is 10.0. The molecule has 36 heavy (non-hydrogen) atoms. The van der Waals surface area contributed by atoms with E-state index in [0.717, 1.165) is 6.20 Å². The molecule has 1 amide bonds. The second-order valence-corrected chi connectivity index (χ2v) is 9.68. The number of hydrogen-bond acceptors (Lipinski definition) is 6. The van der Waals surface area contributed by atoms with Gasteiger partial charge in [-0.25, -0.2) is 23.1 Å². The Kier molecular flexibility index (Phi) is 6.79. The number of halogens is 3. The van der Waals surface area contributed by atoms with E-state index >= 15 is 4.39 Å². The molecular formula is C26H28F3N5O2. The number of aryl methyl sites for hydroxylation is 1. The summed E-state index contributed by atoms with van der Waals surface area (Å²) in [5.74, 6) is -2.29. The molecule has 4 rings (SSSR count). The fraction of sp³-hybridized carbons (Fsp3) is 0.346. The molecule has 0 unspecified atom stereocenters. The lowest BCUT2D eigenvalue weighted by Crippen LogP contribution is -2.49. The van der Waals surface area contributed by atoms with Gasteiger partial charge in [0.25, 0.3) is 0 Å². The van der Waals surface area contributed by atoms with E-state index in [1.165, 1.54) is 18.2 Å². The minimum atomic E-state index is -0.735. The molecule has 0 radical (unpaired) electrons. The van der Waals surface area contributed by atoms with Crippen LogP contribution in [0.25, 0.3) is 11.3 Å². The molecule has 0 saturated heterocycles. The first-order chi connectivity index (χ1) is 16.9. The number of nitrogens with two attached hydrogens (primary N) is 1. The third kappa shape index (κ3) is 5.37. The Hall–Kier alpha value is -3.82. The van der Waals surface area contributed by atoms with Crippen LogP contribution in [0.5, 0.6) is 5.75 Å². The van der Waals surface area contributed by atoms with Crippen molar-refractivity contribution < 1.29 is 22.7 Å². The Balaban J connectivity index is 1.66. The second kappa shape index (κ2) is 9.67. The van der Waals surface area contributed by atoms with E-state index in [2.05, 4.69) is 15.3 Å². The van der Waals surface area contributed by atoms with Gasteiger partial charge in [0, 0.05) is 23.7 Å². The maximum atomic E-state index is 15.2. The zero-order valence-corrected chi connectivity index (χ0v) is 20.5. The van der Waals surface area contributed by atoms with Crippen molar-refractivity contribution in [1.29, 1.82) is 0 Å². The number of nitrogens with zero attached hydrogens (tertiary/aromatic N) is 3. The summed E-state index contributed by atoms with van der Waals surface area (Å²) in [4.78, 5) is 21.1. The standard InChI is InChI=1S/C26H28F3N5O2/c1-14(2)34-13-26(3,4)36-24-19(28)9-16(10-21(24)34)23-20(29)12-31-25(33-23)32-17-7-5-15(18(27)11-17)6-8-22(30)35/h5,7,9-12,14H,6,8,13H2,1-4H3,(H2,30,35)(H,31,32,33). The van der Waals surface area contributed by atoms with E-state index in [1.54, 1.807) is 12.1 Å². The van der Waals surface area contributed by atoms with E-state index in [-0.39, 0.29) is 41.8 Å². The van der Waals surface area contributed by atoms with Crippen LogP contribution in [0.2, 0.25) is 0 Å². The van der Waals surface area contributed by atoms with Crippen molar-refractivity contribution >= 4 is 23.2 Å². The Morgan fingerprint density at radius 3 is 2.58 bits per heavy atom. The van der Waals surface area contributed by atoms with Gasteiger partial charge in [-0.05, 0) is 63.9 Å². The molecule has 1 aromatic heterocycles. The van der Waals surface area contributed by atoms with Gasteiger partial charge in [0.05, 0.1) is 18.4 Å². The van der Waals surface area contributed by atoms with Crippen LogP contribution in [0.1, 0.15) is 39.7 Å². The van der Waals surface area contributed by atoms with Crippen molar-refractivity contribution in [1.82, 2.24) is 9.97 Å². The van der Waals surface area contributed by atoms with Gasteiger partial charge >= 0.3 is 0 Å². The molecule has 7 nitrogen and oxygen atoms in total. The lowest BCUT2D eigenvalue weighted by Gasteiger charge is -2.43. The quantitative estimate of drug-likeness (QED) is 0.469. The maximum absolute atomic E-state index is 15.2. The number of nitrogens with one attached hydrogen (secondary N) is 1. The summed E-state index contributed by atoms with van der Waals surface area (Å²) in [5.41, 5.74) is 5.81. The maximum Gasteiger partial charge on any atom is 0.227 e. The van der Waals surface area contributed by atoms with Crippen molar-refractivity contribution in [2.45, 2.75) is 52.2 Å². The van der Waals surface area contributed by atoms with Gasteiger partial charge in [-0.15, -0.1) is 0 Å². The number of rotatable bonds is 7. The highest BCUT2D eigenvalue weighted by Gasteiger charge is 2.35. The minimum absolute atomic E-state index is 0.00640. The molecule has 1 aliphatic heterocycles. The number of aromatic nitrogens is 2. The highest BCUT2D eigenvalue weighted by Crippen LogP contribution is 2.43. The Morgan fingerprint density at radius 1 is 1.17 bits per heavy atom. The first kappa shape index (κ1) is 25.3. The van der Waals surface area contributed by atoms with E-state index in [1.807, 2.05) is 32.6 Å². The summed E-state index contributed by atoms with van der Waals surface area (Å²) in [6.07, 6.45) is 1.18. The van der Waals surface area contributed by atoms with Gasteiger partial charge in [-0.1, -0.05) is 6.07 Å². The highest BCUT2D eigenvalue weighted by molar-refractivity contribution is 5.74. The Bertz CT molecular complexity index is 1310. The normalized spacial score (nSPS) is 14.4. The average Bonchev–Trinajstić information content (AvgIpc) is 2.79. The van der Waals surface area contributed by atoms with Crippen LogP contribution in [-0.4, -0.2) is 34.1 Å². The van der Waals surface area contributed by atoms with Crippen LogP contribution in [-0.2, 0) is 11.2 Å². The first-order valence-electron chi connectivity index (χ1n) is 11.6. The predicted molar refractivity (Wildman–Crippen MR) is 132 cm³/mol. The third-order valence-electron chi connectivity index (χ3n) is 5.85. The van der Waals surface area contributed by atoms with E-state index < -0.39 is 29.0 Å². The summed E-state index contributed by atoms with van der Waals surface area (Å²) in [6.45, 7) is 8.27. The molecule has 0 bridgehead atoms. The number of primary amides is 1. The molecule has 3 aromatic rings. The fourth-order valence-electron chi connectivity index (χ4n) is 4.14. The molecule has 0 aliphatic carbocycles. The number of ether oxygens (including phenoxy) is 1. The molecule has 0 spiro atoms. The Morgan fingerprint density at radius 2 is 1.92 bits per heavy atom. The summed E-state index contributed by atoms with van der Waals surface area (Å²) in [6, 6.07) is 7.21. The largest absolute Gasteiger partial charge is 0.481 e. The predicted octanol–water partition coefficient (Wildman–Crippen LogP) is 5.11. The molecular weight excluding hydrogens is 471 g/mol. The van der Waals surface area contributed by atoms with Gasteiger partial charge in [0.2, 0.25) is 11.9 Å². The zero-order valence-electron chi connectivity index (χ0n) is 20.5. The van der Waals surface area contributed by atoms with Crippen molar-refractivity contribution in [3.8, 4) is 17.0 Å². The number of benzene rings is 2. The number of carbonyl (C=O) groups is 1. The van der Waals surface area contributed by atoms with Gasteiger partial charge < -0.3 is 20.7 Å². The van der Waals surface area contributed by atoms with Crippen LogP contribution in [0.15, 0.2) is 36.5 Å². The number of amides is 1. The number of carbonyl (C=O) groups excluding carboxylic acids is 1. The topological polar surface area (TPSA) is 93.4 Å². The Labute approximate surface area is 207 Å². The molecule has 3 N–H and O–H groups in total. The molecule has 0 atom stereocenters. The summed E-state index contributed by atoms with van der Waals surface area (Å²) in [5, 5.41) is 2.84. The third-order valence-corrected chi connectivity index (χ3v) is 5.85. The molecule has 0 saturated carbocycles. The van der Waals surface area contributed by atoms with Gasteiger partial charge in [0.1, 0.15) is 17.1 Å². The zero-order chi connectivity index (χ0) is 26.2. The monoisotopic (exact) mass is 499 g/mol. The minimum Gasteiger partial charge on any atom is -0.481 e. The summed E-state index contributed by atoms with van der Waals surface area (Å²) >= 11 is 0.